The molecular weight excluding hydrogens is 537 g/mol. The number of anilines is 1. The summed E-state index contributed by atoms with van der Waals surface area (Å²) in [6.07, 6.45) is -0.612. The van der Waals surface area contributed by atoms with Gasteiger partial charge in [-0.25, -0.2) is 17.6 Å². The second kappa shape index (κ2) is 12.2. The zero-order valence-corrected chi connectivity index (χ0v) is 23.7. The monoisotopic (exact) mass is 571 g/mol. The van der Waals surface area contributed by atoms with Crippen LogP contribution < -0.4 is 14.8 Å². The van der Waals surface area contributed by atoms with Gasteiger partial charge in [-0.05, 0) is 48.9 Å². The first kappa shape index (κ1) is 29.3. The fourth-order valence-corrected chi connectivity index (χ4v) is 6.46. The molecule has 0 bridgehead atoms. The first-order chi connectivity index (χ1) is 19.0. The van der Waals surface area contributed by atoms with Crippen LogP contribution in [-0.2, 0) is 10.0 Å². The molecule has 3 aromatic carbocycles. The molecule has 40 heavy (non-hydrogen) atoms. The fraction of sp³-hybridized carbons (Fsp3) is 0.345. The Labute approximate surface area is 234 Å². The topological polar surface area (TPSA) is 108 Å². The van der Waals surface area contributed by atoms with E-state index in [0.29, 0.717) is 17.0 Å². The molecule has 0 saturated heterocycles. The standard InChI is InChI=1S/C29H34FN3O6S/c1-19-16-33(20(2)18-34)40(36,37)28-13-12-21(24-10-5-6-11-25(24)38-4)14-26(28)39-27(19)17-32(3)29(35)31-23-9-7-8-22(30)15-23/h5-15,19-20,27,34H,16-18H2,1-4H3,(H,31,35)/t19-,20-,27-/m1/s1. The lowest BCUT2D eigenvalue weighted by Crippen LogP contribution is -2.50. The molecule has 1 heterocycles. The lowest BCUT2D eigenvalue weighted by atomic mass is 10.0. The van der Waals surface area contributed by atoms with Gasteiger partial charge in [0.25, 0.3) is 0 Å². The van der Waals surface area contributed by atoms with Crippen molar-refractivity contribution in [3.8, 4) is 22.6 Å². The molecule has 0 aliphatic carbocycles. The van der Waals surface area contributed by atoms with E-state index in [2.05, 4.69) is 5.32 Å². The van der Waals surface area contributed by atoms with Crippen LogP contribution in [0.2, 0.25) is 0 Å². The molecule has 0 fully saturated rings. The number of halogens is 1. The van der Waals surface area contributed by atoms with Gasteiger partial charge in [-0.15, -0.1) is 0 Å². The number of aliphatic hydroxyl groups is 1. The summed E-state index contributed by atoms with van der Waals surface area (Å²) in [4.78, 5) is 14.3. The van der Waals surface area contributed by atoms with E-state index >= 15 is 0 Å². The number of hydrogen-bond acceptors (Lipinski definition) is 6. The summed E-state index contributed by atoms with van der Waals surface area (Å²) in [6.45, 7) is 3.31. The number of carbonyl (C=O) groups is 1. The van der Waals surface area contributed by atoms with Crippen molar-refractivity contribution in [1.29, 1.82) is 0 Å². The molecule has 1 aliphatic heterocycles. The molecule has 0 radical (unpaired) electrons. The van der Waals surface area contributed by atoms with Crippen molar-refractivity contribution in [3.63, 3.8) is 0 Å². The minimum Gasteiger partial charge on any atom is -0.496 e. The SMILES string of the molecule is COc1ccccc1-c1ccc2c(c1)O[C@H](CN(C)C(=O)Nc1cccc(F)c1)[C@H](C)CN([C@H](C)CO)S2(=O)=O. The smallest absolute Gasteiger partial charge is 0.321 e. The summed E-state index contributed by atoms with van der Waals surface area (Å²) in [5.41, 5.74) is 1.76. The molecule has 3 atom stereocenters. The predicted octanol–water partition coefficient (Wildman–Crippen LogP) is 4.43. The van der Waals surface area contributed by atoms with Gasteiger partial charge in [0.1, 0.15) is 28.3 Å². The number of aliphatic hydroxyl groups excluding tert-OH is 1. The number of likely N-dealkylation sites (N-methyl/N-ethyl adjacent to an activating group) is 1. The molecule has 0 saturated carbocycles. The van der Waals surface area contributed by atoms with Crippen molar-refractivity contribution >= 4 is 21.7 Å². The third-order valence-electron chi connectivity index (χ3n) is 6.96. The number of hydrogen-bond donors (Lipinski definition) is 2. The van der Waals surface area contributed by atoms with E-state index in [0.717, 1.165) is 5.56 Å². The average Bonchev–Trinajstić information content (AvgIpc) is 2.94. The van der Waals surface area contributed by atoms with Gasteiger partial charge in [-0.1, -0.05) is 37.3 Å². The predicted molar refractivity (Wildman–Crippen MR) is 150 cm³/mol. The zero-order chi connectivity index (χ0) is 29.0. The summed E-state index contributed by atoms with van der Waals surface area (Å²) in [6, 6.07) is 16.6. The molecule has 0 unspecified atom stereocenters. The van der Waals surface area contributed by atoms with Crippen LogP contribution >= 0.6 is 0 Å². The van der Waals surface area contributed by atoms with E-state index in [9.17, 15) is 22.7 Å². The molecule has 3 aromatic rings. The molecule has 214 valence electrons. The van der Waals surface area contributed by atoms with Crippen LogP contribution in [0.4, 0.5) is 14.9 Å². The highest BCUT2D eigenvalue weighted by Crippen LogP contribution is 2.38. The Morgan fingerprint density at radius 3 is 2.65 bits per heavy atom. The highest BCUT2D eigenvalue weighted by Gasteiger charge is 2.38. The Morgan fingerprint density at radius 1 is 1.20 bits per heavy atom. The van der Waals surface area contributed by atoms with Gasteiger partial charge in [-0.3, -0.25) is 0 Å². The Morgan fingerprint density at radius 2 is 1.95 bits per heavy atom. The summed E-state index contributed by atoms with van der Waals surface area (Å²) < 4.78 is 54.3. The number of benzene rings is 3. The number of methoxy groups -OCH3 is 1. The maximum Gasteiger partial charge on any atom is 0.321 e. The molecule has 2 N–H and O–H groups in total. The van der Waals surface area contributed by atoms with Crippen LogP contribution in [0.15, 0.2) is 71.6 Å². The van der Waals surface area contributed by atoms with Gasteiger partial charge >= 0.3 is 6.03 Å². The number of fused-ring (bicyclic) bond motifs is 1. The van der Waals surface area contributed by atoms with Crippen molar-refractivity contribution in [2.75, 3.05) is 39.2 Å². The summed E-state index contributed by atoms with van der Waals surface area (Å²) in [7, 11) is -0.883. The van der Waals surface area contributed by atoms with Crippen LogP contribution in [0.1, 0.15) is 13.8 Å². The van der Waals surface area contributed by atoms with Gasteiger partial charge in [0, 0.05) is 36.8 Å². The zero-order valence-electron chi connectivity index (χ0n) is 22.9. The van der Waals surface area contributed by atoms with Crippen molar-refractivity contribution in [2.24, 2.45) is 5.92 Å². The Kier molecular flexibility index (Phi) is 8.97. The average molecular weight is 572 g/mol. The lowest BCUT2D eigenvalue weighted by molar-refractivity contribution is 0.0830. The van der Waals surface area contributed by atoms with Crippen LogP contribution in [0.25, 0.3) is 11.1 Å². The third kappa shape index (κ3) is 6.22. The van der Waals surface area contributed by atoms with E-state index in [1.54, 1.807) is 39.3 Å². The molecule has 9 nitrogen and oxygen atoms in total. The molecule has 0 aromatic heterocycles. The van der Waals surface area contributed by atoms with Crippen LogP contribution in [0, 0.1) is 11.7 Å². The van der Waals surface area contributed by atoms with Crippen LogP contribution in [0.3, 0.4) is 0 Å². The molecule has 2 amide bonds. The molecule has 0 spiro atoms. The molecular formula is C29H34FN3O6S. The van der Waals surface area contributed by atoms with Crippen molar-refractivity contribution in [2.45, 2.75) is 30.9 Å². The highest BCUT2D eigenvalue weighted by atomic mass is 32.2. The van der Waals surface area contributed by atoms with E-state index in [1.165, 1.54) is 33.5 Å². The number of rotatable bonds is 7. The molecule has 11 heteroatoms. The van der Waals surface area contributed by atoms with Gasteiger partial charge < -0.3 is 24.8 Å². The van der Waals surface area contributed by atoms with E-state index in [1.807, 2.05) is 31.2 Å². The van der Waals surface area contributed by atoms with Gasteiger partial charge in [0.2, 0.25) is 10.0 Å². The number of nitrogens with zero attached hydrogens (tertiary/aromatic N) is 2. The minimum atomic E-state index is -4.03. The van der Waals surface area contributed by atoms with E-state index in [-0.39, 0.29) is 36.3 Å². The number of ether oxygens (including phenoxy) is 2. The first-order valence-corrected chi connectivity index (χ1v) is 14.3. The summed E-state index contributed by atoms with van der Waals surface area (Å²) in [5, 5.41) is 12.5. The van der Waals surface area contributed by atoms with Crippen molar-refractivity contribution in [3.05, 3.63) is 72.5 Å². The normalized spacial score (nSPS) is 19.4. The number of amides is 2. The highest BCUT2D eigenvalue weighted by molar-refractivity contribution is 7.89. The number of carbonyl (C=O) groups excluding carboxylic acids is 1. The van der Waals surface area contributed by atoms with Gasteiger partial charge in [0.05, 0.1) is 20.3 Å². The lowest BCUT2D eigenvalue weighted by Gasteiger charge is -2.37. The Balaban J connectivity index is 1.71. The maximum atomic E-state index is 13.8. The number of sulfonamides is 1. The second-order valence-electron chi connectivity index (χ2n) is 9.92. The van der Waals surface area contributed by atoms with Gasteiger partial charge in [-0.2, -0.15) is 4.31 Å². The first-order valence-electron chi connectivity index (χ1n) is 12.9. The minimum absolute atomic E-state index is 0.0322. The number of urea groups is 1. The summed E-state index contributed by atoms with van der Waals surface area (Å²) >= 11 is 0. The Hall–Kier alpha value is -3.67. The maximum absolute atomic E-state index is 13.8. The van der Waals surface area contributed by atoms with Crippen molar-refractivity contribution < 1.29 is 32.2 Å². The van der Waals surface area contributed by atoms with Gasteiger partial charge in [0.15, 0.2) is 0 Å². The fourth-order valence-electron chi connectivity index (χ4n) is 4.63. The molecule has 1 aliphatic rings. The van der Waals surface area contributed by atoms with E-state index in [4.69, 9.17) is 9.47 Å². The quantitative estimate of drug-likeness (QED) is 0.434. The summed E-state index contributed by atoms with van der Waals surface area (Å²) in [5.74, 6) is -0.0881. The molecule has 4 rings (SSSR count). The van der Waals surface area contributed by atoms with Crippen molar-refractivity contribution in [1.82, 2.24) is 9.21 Å². The van der Waals surface area contributed by atoms with Crippen LogP contribution in [-0.4, -0.2) is 74.8 Å². The van der Waals surface area contributed by atoms with E-state index < -0.39 is 34.0 Å². The largest absolute Gasteiger partial charge is 0.496 e. The Bertz CT molecular complexity index is 1470. The third-order valence-corrected chi connectivity index (χ3v) is 8.98. The van der Waals surface area contributed by atoms with Crippen LogP contribution in [0.5, 0.6) is 11.5 Å². The second-order valence-corrected chi connectivity index (χ2v) is 11.8. The number of para-hydroxylation sites is 1. The number of nitrogens with one attached hydrogen (secondary N) is 1.